The van der Waals surface area contributed by atoms with Crippen molar-refractivity contribution in [3.63, 3.8) is 0 Å². The van der Waals surface area contributed by atoms with Gasteiger partial charge in [-0.25, -0.2) is 17.6 Å². The van der Waals surface area contributed by atoms with E-state index in [1.54, 1.807) is 6.92 Å². The number of alkyl halides is 6. The molecule has 1 aliphatic heterocycles. The molecule has 7 nitrogen and oxygen atoms in total. The number of carbonyl (C=O) groups excluding carboxylic acids is 2. The lowest BCUT2D eigenvalue weighted by atomic mass is 9.89. The average Bonchev–Trinajstić information content (AvgIpc) is 2.81. The summed E-state index contributed by atoms with van der Waals surface area (Å²) in [6.07, 6.45) is -8.91. The highest BCUT2D eigenvalue weighted by Gasteiger charge is 2.38. The molecule has 0 spiro atoms. The molecule has 2 atom stereocenters. The van der Waals surface area contributed by atoms with Crippen molar-refractivity contribution in [2.24, 2.45) is 0 Å². The summed E-state index contributed by atoms with van der Waals surface area (Å²) in [5.74, 6) is -2.03. The highest BCUT2D eigenvalue weighted by molar-refractivity contribution is 7.91. The molecule has 0 aromatic heterocycles. The molecule has 0 radical (unpaired) electrons. The van der Waals surface area contributed by atoms with Crippen LogP contribution in [0.4, 0.5) is 35.5 Å². The van der Waals surface area contributed by atoms with Crippen molar-refractivity contribution in [1.82, 2.24) is 15.1 Å². The van der Waals surface area contributed by atoms with E-state index in [0.29, 0.717) is 23.3 Å². The van der Waals surface area contributed by atoms with E-state index in [-0.39, 0.29) is 31.0 Å². The number of benzene rings is 2. The fraction of sp³-hybridized carbons (Fsp3) is 0.462. The van der Waals surface area contributed by atoms with Crippen LogP contribution in [0.5, 0.6) is 0 Å². The van der Waals surface area contributed by atoms with E-state index in [1.165, 1.54) is 30.1 Å². The summed E-state index contributed by atoms with van der Waals surface area (Å²) in [4.78, 5) is 28.0. The number of nitrogens with zero attached hydrogens (tertiary/aromatic N) is 2. The second-order valence-electron chi connectivity index (χ2n) is 10.1. The first kappa shape index (κ1) is 32.2. The number of piperidine rings is 1. The van der Waals surface area contributed by atoms with Crippen molar-refractivity contribution in [3.05, 3.63) is 70.0 Å². The predicted molar refractivity (Wildman–Crippen MR) is 135 cm³/mol. The summed E-state index contributed by atoms with van der Waals surface area (Å²) in [5, 5.41) is 2.62. The summed E-state index contributed by atoms with van der Waals surface area (Å²) in [5.41, 5.74) is -2.43. The van der Waals surface area contributed by atoms with Crippen LogP contribution in [0.3, 0.4) is 0 Å². The third-order valence-corrected chi connectivity index (χ3v) is 7.38. The Morgan fingerprint density at radius 1 is 1.02 bits per heavy atom. The number of likely N-dealkylation sites (tertiary alicyclic amines) is 1. The second kappa shape index (κ2) is 11.9. The fourth-order valence-corrected chi connectivity index (χ4v) is 5.37. The number of urea groups is 1. The Morgan fingerprint density at radius 2 is 1.61 bits per heavy atom. The Labute approximate surface area is 232 Å². The van der Waals surface area contributed by atoms with Crippen LogP contribution in [0.25, 0.3) is 0 Å². The number of carbonyl (C=O) groups is 2. The molecule has 0 aliphatic carbocycles. The van der Waals surface area contributed by atoms with E-state index < -0.39 is 75.5 Å². The highest BCUT2D eigenvalue weighted by Crippen LogP contribution is 2.37. The van der Waals surface area contributed by atoms with Crippen LogP contribution in [0, 0.1) is 12.7 Å². The standard InChI is InChI=1S/C26H28F7N3O4S/c1-15-8-19(27)4-5-21(15)22-12-20(34-23(37)14-41(3,39)40)6-7-36(22)24(38)35(2)13-16-9-17(25(28,29)30)11-18(10-16)26(31,32)33/h4-5,8-11,20,22H,6-7,12-14H2,1-3H3,(H,34,37)/t20-,22+/m0/s1. The number of aryl methyl sites for hydroxylation is 1. The van der Waals surface area contributed by atoms with Crippen LogP contribution in [-0.4, -0.2) is 61.8 Å². The van der Waals surface area contributed by atoms with Gasteiger partial charge in [0.15, 0.2) is 9.84 Å². The number of halogens is 7. The van der Waals surface area contributed by atoms with Crippen LogP contribution >= 0.6 is 0 Å². The molecule has 2 aromatic rings. The highest BCUT2D eigenvalue weighted by atomic mass is 32.2. The lowest BCUT2D eigenvalue weighted by Gasteiger charge is -2.42. The van der Waals surface area contributed by atoms with E-state index in [0.717, 1.165) is 11.2 Å². The summed E-state index contributed by atoms with van der Waals surface area (Å²) in [7, 11) is -2.38. The third kappa shape index (κ3) is 8.57. The quantitative estimate of drug-likeness (QED) is 0.462. The van der Waals surface area contributed by atoms with E-state index in [4.69, 9.17) is 0 Å². The van der Waals surface area contributed by atoms with Gasteiger partial charge < -0.3 is 15.1 Å². The minimum atomic E-state index is -5.05. The molecule has 3 amide bonds. The van der Waals surface area contributed by atoms with E-state index in [1.807, 2.05) is 0 Å². The Kier molecular flexibility index (Phi) is 9.30. The monoisotopic (exact) mass is 611 g/mol. The zero-order chi connectivity index (χ0) is 30.9. The molecule has 1 heterocycles. The van der Waals surface area contributed by atoms with Gasteiger partial charge in [-0.1, -0.05) is 6.07 Å². The van der Waals surface area contributed by atoms with Crippen molar-refractivity contribution in [3.8, 4) is 0 Å². The number of sulfone groups is 1. The summed E-state index contributed by atoms with van der Waals surface area (Å²) >= 11 is 0. The molecule has 2 aromatic carbocycles. The van der Waals surface area contributed by atoms with Gasteiger partial charge in [0.2, 0.25) is 5.91 Å². The molecule has 0 unspecified atom stereocenters. The summed E-state index contributed by atoms with van der Waals surface area (Å²) < 4.78 is 117. The van der Waals surface area contributed by atoms with Crippen LogP contribution in [0.1, 0.15) is 46.7 Å². The molecule has 226 valence electrons. The molecule has 41 heavy (non-hydrogen) atoms. The van der Waals surface area contributed by atoms with Crippen LogP contribution in [0.2, 0.25) is 0 Å². The Hall–Kier alpha value is -3.36. The summed E-state index contributed by atoms with van der Waals surface area (Å²) in [6.45, 7) is 1.02. The molecule has 1 aliphatic rings. The van der Waals surface area contributed by atoms with Gasteiger partial charge in [-0.15, -0.1) is 0 Å². The zero-order valence-corrected chi connectivity index (χ0v) is 23.1. The van der Waals surface area contributed by atoms with Gasteiger partial charge in [0, 0.05) is 32.4 Å². The largest absolute Gasteiger partial charge is 0.416 e. The SMILES string of the molecule is Cc1cc(F)ccc1[C@H]1C[C@@H](NC(=O)CS(C)(=O)=O)CCN1C(=O)N(C)Cc1cc(C(F)(F)F)cc(C(F)(F)F)c1. The number of nitrogens with one attached hydrogen (secondary N) is 1. The smallest absolute Gasteiger partial charge is 0.352 e. The molecular formula is C26H28F7N3O4S. The Bertz CT molecular complexity index is 1380. The molecular weight excluding hydrogens is 583 g/mol. The van der Waals surface area contributed by atoms with E-state index in [2.05, 4.69) is 5.32 Å². The van der Waals surface area contributed by atoms with Crippen molar-refractivity contribution >= 4 is 21.8 Å². The van der Waals surface area contributed by atoms with Crippen molar-refractivity contribution in [2.45, 2.75) is 50.7 Å². The minimum absolute atomic E-state index is 0.00150. The molecule has 1 N–H and O–H groups in total. The fourth-order valence-electron chi connectivity index (χ4n) is 4.81. The van der Waals surface area contributed by atoms with Gasteiger partial charge in [0.25, 0.3) is 0 Å². The topological polar surface area (TPSA) is 86.8 Å². The van der Waals surface area contributed by atoms with E-state index in [9.17, 15) is 48.7 Å². The molecule has 0 bridgehead atoms. The van der Waals surface area contributed by atoms with Gasteiger partial charge in [0.1, 0.15) is 11.6 Å². The van der Waals surface area contributed by atoms with Gasteiger partial charge in [-0.2, -0.15) is 26.3 Å². The Balaban J connectivity index is 1.89. The number of rotatable bonds is 6. The van der Waals surface area contributed by atoms with Gasteiger partial charge in [-0.05, 0) is 66.8 Å². The molecule has 1 fully saturated rings. The van der Waals surface area contributed by atoms with E-state index >= 15 is 0 Å². The van der Waals surface area contributed by atoms with Crippen LogP contribution in [0.15, 0.2) is 36.4 Å². The maximum atomic E-state index is 13.8. The average molecular weight is 612 g/mol. The molecule has 15 heteroatoms. The first-order chi connectivity index (χ1) is 18.7. The maximum absolute atomic E-state index is 13.8. The lowest BCUT2D eigenvalue weighted by Crippen LogP contribution is -2.51. The minimum Gasteiger partial charge on any atom is -0.352 e. The van der Waals surface area contributed by atoms with Crippen molar-refractivity contribution < 1.29 is 48.7 Å². The van der Waals surface area contributed by atoms with Gasteiger partial charge in [0.05, 0.1) is 17.2 Å². The van der Waals surface area contributed by atoms with Gasteiger partial charge in [-0.3, -0.25) is 4.79 Å². The second-order valence-corrected chi connectivity index (χ2v) is 12.3. The zero-order valence-electron chi connectivity index (χ0n) is 22.2. The summed E-state index contributed by atoms with van der Waals surface area (Å²) in [6, 6.07) is 2.89. The van der Waals surface area contributed by atoms with Crippen molar-refractivity contribution in [2.75, 3.05) is 25.6 Å². The number of hydrogen-bond acceptors (Lipinski definition) is 4. The third-order valence-electron chi connectivity index (χ3n) is 6.59. The molecule has 1 saturated heterocycles. The predicted octanol–water partition coefficient (Wildman–Crippen LogP) is 5.09. The van der Waals surface area contributed by atoms with Crippen molar-refractivity contribution in [1.29, 1.82) is 0 Å². The first-order valence-electron chi connectivity index (χ1n) is 12.3. The van der Waals surface area contributed by atoms with Gasteiger partial charge >= 0.3 is 18.4 Å². The maximum Gasteiger partial charge on any atom is 0.416 e. The van der Waals surface area contributed by atoms with Crippen LogP contribution in [-0.2, 0) is 33.5 Å². The number of hydrogen-bond donors (Lipinski definition) is 1. The normalized spacial score (nSPS) is 18.2. The Morgan fingerprint density at radius 3 is 2.12 bits per heavy atom. The molecule has 3 rings (SSSR count). The number of amides is 3. The van der Waals surface area contributed by atoms with Crippen LogP contribution < -0.4 is 5.32 Å². The first-order valence-corrected chi connectivity index (χ1v) is 14.3. The molecule has 0 saturated carbocycles. The lowest BCUT2D eigenvalue weighted by molar-refractivity contribution is -0.143.